The van der Waals surface area contributed by atoms with Gasteiger partial charge in [-0.25, -0.2) is 4.79 Å². The van der Waals surface area contributed by atoms with Gasteiger partial charge in [0.15, 0.2) is 6.10 Å². The van der Waals surface area contributed by atoms with Crippen LogP contribution in [-0.2, 0) is 14.3 Å². The van der Waals surface area contributed by atoms with E-state index >= 15 is 0 Å². The molecule has 1 amide bonds. The molecule has 5 heteroatoms. The number of nitrogens with zero attached hydrogens (tertiary/aromatic N) is 1. The minimum absolute atomic E-state index is 0.272. The first-order valence-corrected chi connectivity index (χ1v) is 6.76. The van der Waals surface area contributed by atoms with Crippen molar-refractivity contribution in [2.45, 2.75) is 31.4 Å². The Bertz CT molecular complexity index is 474. The number of methoxy groups -OCH3 is 1. The summed E-state index contributed by atoms with van der Waals surface area (Å²) in [5.74, 6) is -1.22. The van der Waals surface area contributed by atoms with Crippen LogP contribution in [0.3, 0.4) is 0 Å². The number of likely N-dealkylation sites (tertiary alicyclic amines) is 1. The number of rotatable bonds is 4. The second kappa shape index (κ2) is 6.52. The number of carbonyl (C=O) groups excluding carboxylic acids is 1. The van der Waals surface area contributed by atoms with Crippen LogP contribution < -0.4 is 0 Å². The molecule has 1 aromatic rings. The molecule has 0 saturated carbocycles. The minimum atomic E-state index is -0.944. The first-order chi connectivity index (χ1) is 9.65. The molecule has 0 aliphatic carbocycles. The van der Waals surface area contributed by atoms with Crippen molar-refractivity contribution < 1.29 is 19.4 Å². The predicted molar refractivity (Wildman–Crippen MR) is 73.2 cm³/mol. The first-order valence-electron chi connectivity index (χ1n) is 6.76. The zero-order valence-electron chi connectivity index (χ0n) is 11.5. The Kier molecular flexibility index (Phi) is 4.74. The summed E-state index contributed by atoms with van der Waals surface area (Å²) in [6, 6.07) is 8.41. The molecule has 1 aliphatic rings. The van der Waals surface area contributed by atoms with E-state index in [1.54, 1.807) is 0 Å². The van der Waals surface area contributed by atoms with E-state index in [1.807, 2.05) is 30.3 Å². The largest absolute Gasteiger partial charge is 0.480 e. The molecule has 0 radical (unpaired) electrons. The van der Waals surface area contributed by atoms with E-state index in [9.17, 15) is 14.7 Å². The van der Waals surface area contributed by atoms with Crippen molar-refractivity contribution in [1.82, 2.24) is 4.90 Å². The third kappa shape index (κ3) is 2.99. The molecule has 1 aromatic carbocycles. The number of hydrogen-bond donors (Lipinski definition) is 1. The van der Waals surface area contributed by atoms with E-state index in [0.29, 0.717) is 13.0 Å². The fraction of sp³-hybridized carbons (Fsp3) is 0.467. The van der Waals surface area contributed by atoms with Gasteiger partial charge in [-0.3, -0.25) is 4.79 Å². The topological polar surface area (TPSA) is 66.8 Å². The summed E-state index contributed by atoms with van der Waals surface area (Å²) in [4.78, 5) is 25.3. The lowest BCUT2D eigenvalue weighted by Crippen LogP contribution is -2.49. The Morgan fingerprint density at radius 2 is 2.00 bits per heavy atom. The Hall–Kier alpha value is -1.88. The van der Waals surface area contributed by atoms with Gasteiger partial charge in [0, 0.05) is 13.7 Å². The summed E-state index contributed by atoms with van der Waals surface area (Å²) < 4.78 is 5.30. The van der Waals surface area contributed by atoms with Crippen molar-refractivity contribution in [3.8, 4) is 0 Å². The molecule has 0 spiro atoms. The molecule has 1 aliphatic heterocycles. The summed E-state index contributed by atoms with van der Waals surface area (Å²) in [7, 11) is 1.47. The van der Waals surface area contributed by atoms with Gasteiger partial charge in [0.25, 0.3) is 5.91 Å². The van der Waals surface area contributed by atoms with Crippen LogP contribution in [0.5, 0.6) is 0 Å². The molecule has 1 fully saturated rings. The first kappa shape index (κ1) is 14.5. The van der Waals surface area contributed by atoms with Gasteiger partial charge in [-0.2, -0.15) is 0 Å². The Labute approximate surface area is 118 Å². The monoisotopic (exact) mass is 277 g/mol. The Balaban J connectivity index is 2.21. The normalized spacial score (nSPS) is 20.4. The van der Waals surface area contributed by atoms with Gasteiger partial charge >= 0.3 is 5.97 Å². The molecule has 1 N–H and O–H groups in total. The highest BCUT2D eigenvalue weighted by molar-refractivity contribution is 5.87. The maximum Gasteiger partial charge on any atom is 0.326 e. The Morgan fingerprint density at radius 3 is 2.60 bits per heavy atom. The molecular weight excluding hydrogens is 258 g/mol. The molecule has 0 bridgehead atoms. The third-order valence-corrected chi connectivity index (χ3v) is 3.63. The highest BCUT2D eigenvalue weighted by Crippen LogP contribution is 2.25. The lowest BCUT2D eigenvalue weighted by Gasteiger charge is -2.35. The molecule has 2 atom stereocenters. The number of aliphatic carboxylic acids is 1. The van der Waals surface area contributed by atoms with Crippen LogP contribution in [-0.4, -0.2) is 41.6 Å². The van der Waals surface area contributed by atoms with Gasteiger partial charge in [-0.1, -0.05) is 30.3 Å². The van der Waals surface area contributed by atoms with Crippen LogP contribution >= 0.6 is 0 Å². The molecule has 5 nitrogen and oxygen atoms in total. The van der Waals surface area contributed by atoms with E-state index in [0.717, 1.165) is 18.4 Å². The van der Waals surface area contributed by atoms with Crippen molar-refractivity contribution >= 4 is 11.9 Å². The Morgan fingerprint density at radius 1 is 1.30 bits per heavy atom. The van der Waals surface area contributed by atoms with Crippen LogP contribution in [0.1, 0.15) is 30.9 Å². The molecule has 1 heterocycles. The molecule has 2 rings (SSSR count). The van der Waals surface area contributed by atoms with Gasteiger partial charge in [0.2, 0.25) is 0 Å². The SMILES string of the molecule is COC(C(=O)N1CCCCC1C(=O)O)c1ccccc1. The zero-order valence-corrected chi connectivity index (χ0v) is 11.5. The molecule has 20 heavy (non-hydrogen) atoms. The van der Waals surface area contributed by atoms with Crippen molar-refractivity contribution in [2.24, 2.45) is 0 Å². The number of hydrogen-bond acceptors (Lipinski definition) is 3. The highest BCUT2D eigenvalue weighted by atomic mass is 16.5. The molecule has 0 aromatic heterocycles. The smallest absolute Gasteiger partial charge is 0.326 e. The maximum atomic E-state index is 12.6. The van der Waals surface area contributed by atoms with Crippen LogP contribution in [0.15, 0.2) is 30.3 Å². The third-order valence-electron chi connectivity index (χ3n) is 3.63. The molecular formula is C15H19NO4. The minimum Gasteiger partial charge on any atom is -0.480 e. The van der Waals surface area contributed by atoms with Gasteiger partial charge in [0.05, 0.1) is 0 Å². The van der Waals surface area contributed by atoms with Gasteiger partial charge in [-0.05, 0) is 24.8 Å². The van der Waals surface area contributed by atoms with E-state index in [4.69, 9.17) is 4.74 Å². The van der Waals surface area contributed by atoms with Crippen LogP contribution in [0, 0.1) is 0 Å². The van der Waals surface area contributed by atoms with Gasteiger partial charge in [0.1, 0.15) is 6.04 Å². The second-order valence-corrected chi connectivity index (χ2v) is 4.91. The van der Waals surface area contributed by atoms with Crippen LogP contribution in [0.4, 0.5) is 0 Å². The number of carboxylic acids is 1. The summed E-state index contributed by atoms with van der Waals surface area (Å²) in [5.41, 5.74) is 0.745. The van der Waals surface area contributed by atoms with E-state index in [1.165, 1.54) is 12.0 Å². The number of piperidine rings is 1. The second-order valence-electron chi connectivity index (χ2n) is 4.91. The maximum absolute atomic E-state index is 12.6. The van der Waals surface area contributed by atoms with Crippen molar-refractivity contribution in [3.05, 3.63) is 35.9 Å². The van der Waals surface area contributed by atoms with E-state index < -0.39 is 18.1 Å². The lowest BCUT2D eigenvalue weighted by atomic mass is 10.00. The average molecular weight is 277 g/mol. The summed E-state index contributed by atoms with van der Waals surface area (Å²) in [6.07, 6.45) is 1.44. The quantitative estimate of drug-likeness (QED) is 0.912. The highest BCUT2D eigenvalue weighted by Gasteiger charge is 2.35. The molecule has 1 saturated heterocycles. The zero-order chi connectivity index (χ0) is 14.5. The van der Waals surface area contributed by atoms with Crippen molar-refractivity contribution in [2.75, 3.05) is 13.7 Å². The fourth-order valence-electron chi connectivity index (χ4n) is 2.61. The van der Waals surface area contributed by atoms with Gasteiger partial charge in [-0.15, -0.1) is 0 Å². The van der Waals surface area contributed by atoms with Gasteiger partial charge < -0.3 is 14.7 Å². The standard InChI is InChI=1S/C15H19NO4/c1-20-13(11-7-3-2-4-8-11)14(17)16-10-6-5-9-12(16)15(18)19/h2-4,7-8,12-13H,5-6,9-10H2,1H3,(H,18,19). The number of ether oxygens (including phenoxy) is 1. The average Bonchev–Trinajstić information content (AvgIpc) is 2.49. The number of amides is 1. The predicted octanol–water partition coefficient (Wildman–Crippen LogP) is 1.84. The van der Waals surface area contributed by atoms with E-state index in [2.05, 4.69) is 0 Å². The van der Waals surface area contributed by atoms with Crippen molar-refractivity contribution in [3.63, 3.8) is 0 Å². The van der Waals surface area contributed by atoms with Crippen LogP contribution in [0.25, 0.3) is 0 Å². The summed E-state index contributed by atoms with van der Waals surface area (Å²) >= 11 is 0. The van der Waals surface area contributed by atoms with Crippen molar-refractivity contribution in [1.29, 1.82) is 0 Å². The number of carbonyl (C=O) groups is 2. The van der Waals surface area contributed by atoms with Crippen LogP contribution in [0.2, 0.25) is 0 Å². The number of benzene rings is 1. The molecule has 2 unspecified atom stereocenters. The summed E-state index contributed by atoms with van der Waals surface area (Å²) in [5, 5.41) is 9.25. The van der Waals surface area contributed by atoms with E-state index in [-0.39, 0.29) is 5.91 Å². The lowest BCUT2D eigenvalue weighted by molar-refractivity contribution is -0.157. The summed E-state index contributed by atoms with van der Waals surface area (Å²) in [6.45, 7) is 0.475. The fourth-order valence-corrected chi connectivity index (χ4v) is 2.61. The molecule has 108 valence electrons. The number of carboxylic acid groups (broad SMARTS) is 1.